The summed E-state index contributed by atoms with van der Waals surface area (Å²) >= 11 is 3.23. The van der Waals surface area contributed by atoms with Gasteiger partial charge in [-0.2, -0.15) is 17.6 Å². The van der Waals surface area contributed by atoms with Crippen LogP contribution >= 0.6 is 15.9 Å². The number of nitrogens with zero attached hydrogens (tertiary/aromatic N) is 6. The topological polar surface area (TPSA) is 148 Å². The number of aromatic nitrogens is 6. The van der Waals surface area contributed by atoms with Gasteiger partial charge in [-0.3, -0.25) is 8.86 Å². The molecule has 0 fully saturated rings. The zero-order valence-corrected chi connectivity index (χ0v) is 19.7. The van der Waals surface area contributed by atoms with Crippen LogP contribution in [0.25, 0.3) is 22.4 Å². The molecule has 0 amide bonds. The molecule has 12 nitrogen and oxygen atoms in total. The lowest BCUT2D eigenvalue weighted by molar-refractivity contribution is 0.0411. The lowest BCUT2D eigenvalue weighted by Crippen LogP contribution is -2.14. The standard InChI is InChI=1S/C15H19BrN6O6S2/c1-9(27-5-6-28-30(4,25)26)13-10(7-18-21(13)2)15-17-8-11-12(19-15)14(16)20-22(11)29(3,23)24/h7-9H,5-6H2,1-4H3/t9-/m1/s1. The number of fused-ring (bicyclic) bond motifs is 1. The van der Waals surface area contributed by atoms with E-state index in [9.17, 15) is 16.8 Å². The minimum Gasteiger partial charge on any atom is -0.370 e. The van der Waals surface area contributed by atoms with E-state index in [-0.39, 0.29) is 23.3 Å². The van der Waals surface area contributed by atoms with Gasteiger partial charge in [0, 0.05) is 7.05 Å². The molecule has 0 aliphatic carbocycles. The highest BCUT2D eigenvalue weighted by molar-refractivity contribution is 9.10. The number of hydrogen-bond acceptors (Lipinski definition) is 10. The lowest BCUT2D eigenvalue weighted by atomic mass is 10.1. The molecule has 15 heteroatoms. The van der Waals surface area contributed by atoms with Gasteiger partial charge in [0.2, 0.25) is 0 Å². The average molecular weight is 523 g/mol. The van der Waals surface area contributed by atoms with Crippen LogP contribution in [0.5, 0.6) is 0 Å². The normalized spacial score (nSPS) is 13.8. The molecule has 3 aromatic rings. The molecule has 0 aliphatic heterocycles. The Labute approximate surface area is 181 Å². The van der Waals surface area contributed by atoms with E-state index >= 15 is 0 Å². The van der Waals surface area contributed by atoms with Crippen molar-refractivity contribution in [3.63, 3.8) is 0 Å². The summed E-state index contributed by atoms with van der Waals surface area (Å²) in [5.74, 6) is 0.308. The monoisotopic (exact) mass is 522 g/mol. The highest BCUT2D eigenvalue weighted by Crippen LogP contribution is 2.30. The van der Waals surface area contributed by atoms with Crippen molar-refractivity contribution in [2.24, 2.45) is 7.05 Å². The predicted molar refractivity (Wildman–Crippen MR) is 111 cm³/mol. The third-order valence-corrected chi connectivity index (χ3v) is 6.06. The smallest absolute Gasteiger partial charge is 0.264 e. The molecule has 0 aliphatic rings. The molecule has 0 aromatic carbocycles. The van der Waals surface area contributed by atoms with Gasteiger partial charge < -0.3 is 4.74 Å². The number of rotatable bonds is 8. The molecule has 0 saturated carbocycles. The Morgan fingerprint density at radius 3 is 2.50 bits per heavy atom. The van der Waals surface area contributed by atoms with Crippen LogP contribution in [0.4, 0.5) is 0 Å². The second-order valence-corrected chi connectivity index (χ2v) is 10.6. The van der Waals surface area contributed by atoms with Crippen molar-refractivity contribution in [3.05, 3.63) is 22.7 Å². The van der Waals surface area contributed by atoms with Gasteiger partial charge in [-0.15, -0.1) is 5.10 Å². The van der Waals surface area contributed by atoms with E-state index in [0.717, 1.165) is 16.6 Å². The molecule has 3 rings (SSSR count). The number of halogens is 1. The van der Waals surface area contributed by atoms with E-state index in [1.807, 2.05) is 0 Å². The van der Waals surface area contributed by atoms with Crippen molar-refractivity contribution in [2.75, 3.05) is 25.7 Å². The summed E-state index contributed by atoms with van der Waals surface area (Å²) in [6, 6.07) is 0. The van der Waals surface area contributed by atoms with Crippen molar-refractivity contribution < 1.29 is 25.8 Å². The molecule has 30 heavy (non-hydrogen) atoms. The van der Waals surface area contributed by atoms with E-state index < -0.39 is 26.2 Å². The first-order chi connectivity index (χ1) is 13.9. The Morgan fingerprint density at radius 1 is 1.17 bits per heavy atom. The first-order valence-electron chi connectivity index (χ1n) is 8.48. The van der Waals surface area contributed by atoms with Gasteiger partial charge in [-0.1, -0.05) is 0 Å². The quantitative estimate of drug-likeness (QED) is 0.307. The SMILES string of the molecule is C[C@@H](OCCOS(C)(=O)=O)c1c(-c2ncc3c(n2)c(Br)nn3S(C)(=O)=O)cnn1C. The molecular weight excluding hydrogens is 504 g/mol. The largest absolute Gasteiger partial charge is 0.370 e. The Hall–Kier alpha value is -1.94. The molecule has 3 aromatic heterocycles. The Balaban J connectivity index is 1.92. The second kappa shape index (κ2) is 8.30. The summed E-state index contributed by atoms with van der Waals surface area (Å²) in [6.45, 7) is 1.71. The Kier molecular flexibility index (Phi) is 6.29. The Bertz CT molecular complexity index is 1300. The lowest BCUT2D eigenvalue weighted by Gasteiger charge is -2.15. The first-order valence-corrected chi connectivity index (χ1v) is 12.9. The fourth-order valence-electron chi connectivity index (χ4n) is 2.82. The van der Waals surface area contributed by atoms with Crippen LogP contribution in [0, 0.1) is 0 Å². The second-order valence-electron chi connectivity index (χ2n) is 6.43. The molecule has 0 bridgehead atoms. The van der Waals surface area contributed by atoms with Gasteiger partial charge in [0.15, 0.2) is 10.4 Å². The maximum atomic E-state index is 11.9. The minimum atomic E-state index is -3.62. The van der Waals surface area contributed by atoms with E-state index in [4.69, 9.17) is 4.74 Å². The Morgan fingerprint density at radius 2 is 1.87 bits per heavy atom. The van der Waals surface area contributed by atoms with Crippen LogP contribution in [0.3, 0.4) is 0 Å². The van der Waals surface area contributed by atoms with Gasteiger partial charge in [-0.25, -0.2) is 18.4 Å². The van der Waals surface area contributed by atoms with Gasteiger partial charge in [0.05, 0.1) is 55.5 Å². The highest BCUT2D eigenvalue weighted by atomic mass is 79.9. The van der Waals surface area contributed by atoms with Crippen molar-refractivity contribution in [2.45, 2.75) is 13.0 Å². The first kappa shape index (κ1) is 22.7. The molecule has 0 spiro atoms. The summed E-state index contributed by atoms with van der Waals surface area (Å²) in [5.41, 5.74) is 1.80. The van der Waals surface area contributed by atoms with Crippen LogP contribution in [-0.2, 0) is 36.1 Å². The summed E-state index contributed by atoms with van der Waals surface area (Å²) < 4.78 is 58.9. The summed E-state index contributed by atoms with van der Waals surface area (Å²) in [5, 5.41) is 8.19. The van der Waals surface area contributed by atoms with E-state index in [0.29, 0.717) is 22.6 Å². The molecule has 164 valence electrons. The van der Waals surface area contributed by atoms with Crippen LogP contribution < -0.4 is 0 Å². The van der Waals surface area contributed by atoms with Crippen LogP contribution in [0.15, 0.2) is 17.0 Å². The minimum absolute atomic E-state index is 0.0471. The fourth-order valence-corrected chi connectivity index (χ4v) is 4.47. The van der Waals surface area contributed by atoms with E-state index in [2.05, 4.69) is 40.3 Å². The zero-order chi connectivity index (χ0) is 22.3. The van der Waals surface area contributed by atoms with Crippen LogP contribution in [0.1, 0.15) is 18.7 Å². The average Bonchev–Trinajstić information content (AvgIpc) is 3.18. The third-order valence-electron chi connectivity index (χ3n) is 4.02. The van der Waals surface area contributed by atoms with Crippen molar-refractivity contribution in [1.29, 1.82) is 0 Å². The molecule has 0 unspecified atom stereocenters. The van der Waals surface area contributed by atoms with Crippen LogP contribution in [0.2, 0.25) is 0 Å². The van der Waals surface area contributed by atoms with Crippen molar-refractivity contribution in [3.8, 4) is 11.4 Å². The van der Waals surface area contributed by atoms with Crippen LogP contribution in [-0.4, -0.2) is 71.5 Å². The van der Waals surface area contributed by atoms with Gasteiger partial charge >= 0.3 is 0 Å². The predicted octanol–water partition coefficient (Wildman–Crippen LogP) is 0.851. The summed E-state index contributed by atoms with van der Waals surface area (Å²) in [7, 11) is -5.44. The third kappa shape index (κ3) is 4.85. The zero-order valence-electron chi connectivity index (χ0n) is 16.5. The molecule has 0 N–H and O–H groups in total. The van der Waals surface area contributed by atoms with E-state index in [1.165, 1.54) is 6.20 Å². The molecule has 1 atom stereocenters. The molecule has 3 heterocycles. The summed E-state index contributed by atoms with van der Waals surface area (Å²) in [4.78, 5) is 8.73. The maximum Gasteiger partial charge on any atom is 0.264 e. The van der Waals surface area contributed by atoms with Crippen molar-refractivity contribution in [1.82, 2.24) is 28.9 Å². The van der Waals surface area contributed by atoms with E-state index in [1.54, 1.807) is 24.9 Å². The van der Waals surface area contributed by atoms with Gasteiger partial charge in [0.25, 0.3) is 20.1 Å². The summed E-state index contributed by atoms with van der Waals surface area (Å²) in [6.07, 6.45) is 4.47. The highest BCUT2D eigenvalue weighted by Gasteiger charge is 2.23. The molecule has 0 saturated heterocycles. The molecular formula is C15H19BrN6O6S2. The number of hydrogen-bond donors (Lipinski definition) is 0. The number of ether oxygens (including phenoxy) is 1. The molecule has 0 radical (unpaired) electrons. The van der Waals surface area contributed by atoms with Crippen molar-refractivity contribution >= 4 is 47.1 Å². The fraction of sp³-hybridized carbons (Fsp3) is 0.467. The number of aryl methyl sites for hydroxylation is 1. The van der Waals surface area contributed by atoms with Gasteiger partial charge in [-0.05, 0) is 22.9 Å². The maximum absolute atomic E-state index is 11.9. The van der Waals surface area contributed by atoms with Gasteiger partial charge in [0.1, 0.15) is 11.0 Å².